The van der Waals surface area contributed by atoms with Crippen molar-refractivity contribution in [1.29, 1.82) is 0 Å². The fourth-order valence-corrected chi connectivity index (χ4v) is 7.31. The van der Waals surface area contributed by atoms with Gasteiger partial charge in [0.1, 0.15) is 0 Å². The van der Waals surface area contributed by atoms with Gasteiger partial charge in [0.25, 0.3) is 0 Å². The average Bonchev–Trinajstić information content (AvgIpc) is 3.48. The van der Waals surface area contributed by atoms with Crippen LogP contribution in [-0.2, 0) is 12.0 Å². The maximum absolute atomic E-state index is 2.55. The molecule has 2 nitrogen and oxygen atoms in total. The second-order valence-electron chi connectivity index (χ2n) is 13.8. The first-order valence-corrected chi connectivity index (χ1v) is 17.0. The van der Waals surface area contributed by atoms with Crippen molar-refractivity contribution < 1.29 is 0 Å². The van der Waals surface area contributed by atoms with E-state index in [9.17, 15) is 0 Å². The van der Waals surface area contributed by atoms with Crippen molar-refractivity contribution in [3.8, 4) is 33.4 Å². The average molecular weight is 621 g/mol. The Morgan fingerprint density at radius 2 is 1.02 bits per heavy atom. The van der Waals surface area contributed by atoms with E-state index in [0.29, 0.717) is 0 Å². The third-order valence-corrected chi connectivity index (χ3v) is 9.51. The van der Waals surface area contributed by atoms with Crippen LogP contribution < -0.4 is 4.90 Å². The van der Waals surface area contributed by atoms with E-state index in [2.05, 4.69) is 194 Å². The first kappa shape index (κ1) is 29.8. The number of rotatable bonds is 6. The zero-order valence-electron chi connectivity index (χ0n) is 27.9. The molecule has 1 heterocycles. The third-order valence-electron chi connectivity index (χ3n) is 9.51. The van der Waals surface area contributed by atoms with Crippen LogP contribution in [0.5, 0.6) is 0 Å². The molecule has 1 aromatic heterocycles. The van der Waals surface area contributed by atoms with Crippen LogP contribution in [-0.4, -0.2) is 4.57 Å². The lowest BCUT2D eigenvalue weighted by atomic mass is 9.97. The summed E-state index contributed by atoms with van der Waals surface area (Å²) in [6.45, 7) is 6.94. The predicted octanol–water partition coefficient (Wildman–Crippen LogP) is 12.8. The van der Waals surface area contributed by atoms with Crippen molar-refractivity contribution in [2.24, 2.45) is 0 Å². The van der Waals surface area contributed by atoms with Crippen LogP contribution in [0.2, 0.25) is 0 Å². The summed E-state index contributed by atoms with van der Waals surface area (Å²) < 4.78 is 2.55. The van der Waals surface area contributed by atoms with Gasteiger partial charge in [0.05, 0.1) is 0 Å². The van der Waals surface area contributed by atoms with Crippen LogP contribution in [0.25, 0.3) is 50.4 Å². The largest absolute Gasteiger partial charge is 0.339 e. The second kappa shape index (κ2) is 12.2. The Morgan fingerprint density at radius 3 is 1.71 bits per heavy atom. The number of hydrogen-bond acceptors (Lipinski definition) is 1. The van der Waals surface area contributed by atoms with Crippen molar-refractivity contribution in [2.45, 2.75) is 39.2 Å². The van der Waals surface area contributed by atoms with Crippen molar-refractivity contribution in [2.75, 3.05) is 4.90 Å². The molecule has 0 unspecified atom stereocenters. The summed E-state index contributed by atoms with van der Waals surface area (Å²) in [4.78, 5) is 2.33. The maximum atomic E-state index is 2.55. The second-order valence-corrected chi connectivity index (χ2v) is 13.8. The minimum atomic E-state index is 0.0381. The molecule has 0 aliphatic heterocycles. The number of aromatic nitrogens is 1. The molecule has 0 saturated heterocycles. The van der Waals surface area contributed by atoms with Crippen molar-refractivity contribution in [3.05, 3.63) is 169 Å². The van der Waals surface area contributed by atoms with Gasteiger partial charge in [-0.05, 0) is 116 Å². The lowest BCUT2D eigenvalue weighted by Crippen LogP contribution is -2.24. The summed E-state index contributed by atoms with van der Waals surface area (Å²) in [7, 11) is 0. The standard InChI is InChI=1S/C46H40N2/c1-46(2,3)48-44-20-11-10-19-42(44)43-32-38(27-30-45(43)48)36-23-21-35(22-24-36)37-15-12-18-41(31-37)47(39-16-8-5-9-17-39)40-28-25-34(26-29-40)33-13-6-4-7-14-33/h4-10,12-19,21-32H,11,20H2,1-3H3. The molecule has 0 amide bonds. The molecule has 0 atom stereocenters. The Morgan fingerprint density at radius 1 is 0.500 bits per heavy atom. The summed E-state index contributed by atoms with van der Waals surface area (Å²) in [6.07, 6.45) is 6.86. The number of benzene rings is 6. The van der Waals surface area contributed by atoms with Crippen LogP contribution in [0.1, 0.15) is 38.4 Å². The van der Waals surface area contributed by atoms with E-state index < -0.39 is 0 Å². The fraction of sp³-hybridized carbons (Fsp3) is 0.130. The Kier molecular flexibility index (Phi) is 7.57. The molecule has 8 rings (SSSR count). The highest BCUT2D eigenvalue weighted by molar-refractivity contribution is 5.95. The summed E-state index contributed by atoms with van der Waals surface area (Å²) in [5.74, 6) is 0. The van der Waals surface area contributed by atoms with Crippen LogP contribution in [0.3, 0.4) is 0 Å². The van der Waals surface area contributed by atoms with Crippen LogP contribution in [0.15, 0.2) is 158 Å². The van der Waals surface area contributed by atoms with Gasteiger partial charge in [-0.2, -0.15) is 0 Å². The van der Waals surface area contributed by atoms with Gasteiger partial charge in [0.15, 0.2) is 0 Å². The predicted molar refractivity (Wildman–Crippen MR) is 205 cm³/mol. The molecule has 0 bridgehead atoms. The minimum absolute atomic E-state index is 0.0381. The van der Waals surface area contributed by atoms with Crippen LogP contribution in [0, 0.1) is 0 Å². The Balaban J connectivity index is 1.13. The quantitative estimate of drug-likeness (QED) is 0.180. The molecule has 0 saturated carbocycles. The SMILES string of the molecule is CC(C)(C)n1c2c(c3cc(-c4ccc(-c5cccc(N(c6ccccc6)c6ccc(-c7ccccc7)cc6)c5)cc4)ccc31)C=CCC2. The maximum Gasteiger partial charge on any atom is 0.0494 e. The number of allylic oxidation sites excluding steroid dienone is 1. The highest BCUT2D eigenvalue weighted by Gasteiger charge is 2.25. The highest BCUT2D eigenvalue weighted by atomic mass is 15.1. The van der Waals surface area contributed by atoms with E-state index in [1.54, 1.807) is 0 Å². The topological polar surface area (TPSA) is 8.17 Å². The lowest BCUT2D eigenvalue weighted by Gasteiger charge is -2.26. The molecule has 7 aromatic rings. The van der Waals surface area contributed by atoms with Gasteiger partial charge in [-0.1, -0.05) is 115 Å². The highest BCUT2D eigenvalue weighted by Crippen LogP contribution is 2.40. The molecular weight excluding hydrogens is 581 g/mol. The van der Waals surface area contributed by atoms with Gasteiger partial charge in [0.2, 0.25) is 0 Å². The normalized spacial score (nSPS) is 12.6. The smallest absolute Gasteiger partial charge is 0.0494 e. The van der Waals surface area contributed by atoms with Crippen LogP contribution >= 0.6 is 0 Å². The van der Waals surface area contributed by atoms with Gasteiger partial charge in [-0.3, -0.25) is 0 Å². The van der Waals surface area contributed by atoms with Crippen LogP contribution in [0.4, 0.5) is 17.1 Å². The third kappa shape index (κ3) is 5.54. The fourth-order valence-electron chi connectivity index (χ4n) is 7.31. The summed E-state index contributed by atoms with van der Waals surface area (Å²) in [6, 6.07) is 55.0. The molecule has 1 aliphatic rings. The molecule has 2 heteroatoms. The first-order valence-electron chi connectivity index (χ1n) is 17.0. The Bertz CT molecular complexity index is 2230. The van der Waals surface area contributed by atoms with E-state index in [-0.39, 0.29) is 5.54 Å². The molecule has 6 aromatic carbocycles. The number of para-hydroxylation sites is 1. The summed E-state index contributed by atoms with van der Waals surface area (Å²) >= 11 is 0. The van der Waals surface area contributed by atoms with Gasteiger partial charge >= 0.3 is 0 Å². The summed E-state index contributed by atoms with van der Waals surface area (Å²) in [5.41, 5.74) is 14.9. The molecule has 48 heavy (non-hydrogen) atoms. The van der Waals surface area contributed by atoms with E-state index in [0.717, 1.165) is 29.9 Å². The molecule has 1 aliphatic carbocycles. The Hall–Kier alpha value is -5.60. The number of anilines is 3. The monoisotopic (exact) mass is 620 g/mol. The van der Waals surface area contributed by atoms with E-state index >= 15 is 0 Å². The molecular formula is C46H40N2. The molecule has 0 N–H and O–H groups in total. The van der Waals surface area contributed by atoms with Gasteiger partial charge in [-0.15, -0.1) is 0 Å². The molecule has 0 radical (unpaired) electrons. The number of nitrogens with zero attached hydrogens (tertiary/aromatic N) is 2. The molecule has 234 valence electrons. The molecule has 0 fully saturated rings. The van der Waals surface area contributed by atoms with Crippen molar-refractivity contribution in [3.63, 3.8) is 0 Å². The van der Waals surface area contributed by atoms with Gasteiger partial charge in [0, 0.05) is 44.8 Å². The van der Waals surface area contributed by atoms with Crippen molar-refractivity contribution >= 4 is 34.0 Å². The zero-order chi connectivity index (χ0) is 32.7. The lowest BCUT2D eigenvalue weighted by molar-refractivity contribution is 0.397. The van der Waals surface area contributed by atoms with Gasteiger partial charge < -0.3 is 9.47 Å². The van der Waals surface area contributed by atoms with Gasteiger partial charge in [-0.25, -0.2) is 0 Å². The number of fused-ring (bicyclic) bond motifs is 3. The minimum Gasteiger partial charge on any atom is -0.339 e. The van der Waals surface area contributed by atoms with E-state index in [1.165, 1.54) is 55.5 Å². The zero-order valence-corrected chi connectivity index (χ0v) is 27.9. The summed E-state index contributed by atoms with van der Waals surface area (Å²) in [5, 5.41) is 1.35. The number of hydrogen-bond donors (Lipinski definition) is 0. The Labute approximate surface area is 284 Å². The molecule has 0 spiro atoms. The van der Waals surface area contributed by atoms with E-state index in [4.69, 9.17) is 0 Å². The first-order chi connectivity index (χ1) is 23.4. The van der Waals surface area contributed by atoms with E-state index in [1.807, 2.05) is 0 Å². The van der Waals surface area contributed by atoms with Crippen molar-refractivity contribution in [1.82, 2.24) is 4.57 Å².